The van der Waals surface area contributed by atoms with E-state index in [9.17, 15) is 0 Å². The van der Waals surface area contributed by atoms with E-state index in [-0.39, 0.29) is 6.04 Å². The lowest BCUT2D eigenvalue weighted by atomic mass is 10.1. The summed E-state index contributed by atoms with van der Waals surface area (Å²) in [5.74, 6) is 0.957. The molecule has 0 radical (unpaired) electrons. The summed E-state index contributed by atoms with van der Waals surface area (Å²) in [6.45, 7) is 1.95. The molecular formula is C10H13N3O. The molecule has 0 fully saturated rings. The summed E-state index contributed by atoms with van der Waals surface area (Å²) in [5.41, 5.74) is 8.01. The number of nitrogens with zero attached hydrogens (tertiary/aromatic N) is 2. The molecule has 0 saturated heterocycles. The second-order valence-corrected chi connectivity index (χ2v) is 3.32. The zero-order valence-electron chi connectivity index (χ0n) is 8.27. The highest BCUT2D eigenvalue weighted by Gasteiger charge is 2.14. The van der Waals surface area contributed by atoms with Crippen LogP contribution >= 0.6 is 0 Å². The zero-order chi connectivity index (χ0) is 10.1. The number of rotatable bonds is 2. The maximum atomic E-state index is 6.05. The van der Waals surface area contributed by atoms with Gasteiger partial charge in [-0.25, -0.2) is 4.98 Å². The highest BCUT2D eigenvalue weighted by atomic mass is 16.3. The Balaban J connectivity index is 2.36. The minimum absolute atomic E-state index is 0.167. The molecule has 2 aromatic rings. The summed E-state index contributed by atoms with van der Waals surface area (Å²) in [6.07, 6.45) is 5.08. The Labute approximate surface area is 82.4 Å². The lowest BCUT2D eigenvalue weighted by molar-refractivity contribution is 0.560. The molecule has 14 heavy (non-hydrogen) atoms. The van der Waals surface area contributed by atoms with E-state index < -0.39 is 0 Å². The molecule has 2 rings (SSSR count). The van der Waals surface area contributed by atoms with Crippen molar-refractivity contribution in [3.63, 3.8) is 0 Å². The number of aromatic nitrogens is 2. The van der Waals surface area contributed by atoms with E-state index in [0.29, 0.717) is 0 Å². The molecule has 0 bridgehead atoms. The fraction of sp³-hybridized carbons (Fsp3) is 0.300. The molecule has 74 valence electrons. The monoisotopic (exact) mass is 191 g/mol. The fourth-order valence-corrected chi connectivity index (χ4v) is 1.43. The molecule has 2 aromatic heterocycles. The SMILES string of the molecule is Cc1ncc(C(N)c2ccoc2)n1C. The predicted molar refractivity (Wildman–Crippen MR) is 52.7 cm³/mol. The van der Waals surface area contributed by atoms with Gasteiger partial charge >= 0.3 is 0 Å². The van der Waals surface area contributed by atoms with Gasteiger partial charge in [-0.15, -0.1) is 0 Å². The van der Waals surface area contributed by atoms with E-state index in [2.05, 4.69) is 4.98 Å². The lowest BCUT2D eigenvalue weighted by Crippen LogP contribution is -2.15. The molecule has 1 unspecified atom stereocenters. The van der Waals surface area contributed by atoms with Crippen molar-refractivity contribution in [1.82, 2.24) is 9.55 Å². The molecule has 0 aliphatic carbocycles. The van der Waals surface area contributed by atoms with Crippen LogP contribution in [-0.4, -0.2) is 9.55 Å². The van der Waals surface area contributed by atoms with Crippen molar-refractivity contribution in [2.45, 2.75) is 13.0 Å². The quantitative estimate of drug-likeness (QED) is 0.780. The molecule has 0 amide bonds. The van der Waals surface area contributed by atoms with E-state index in [1.54, 1.807) is 18.7 Å². The molecule has 2 N–H and O–H groups in total. The van der Waals surface area contributed by atoms with Crippen LogP contribution < -0.4 is 5.73 Å². The third-order valence-corrected chi connectivity index (χ3v) is 2.48. The van der Waals surface area contributed by atoms with Gasteiger partial charge in [0, 0.05) is 12.6 Å². The smallest absolute Gasteiger partial charge is 0.105 e. The Morgan fingerprint density at radius 3 is 2.86 bits per heavy atom. The lowest BCUT2D eigenvalue weighted by Gasteiger charge is -2.10. The summed E-state index contributed by atoms with van der Waals surface area (Å²) in [4.78, 5) is 4.20. The summed E-state index contributed by atoms with van der Waals surface area (Å²) in [5, 5.41) is 0. The van der Waals surface area contributed by atoms with Crippen molar-refractivity contribution in [3.8, 4) is 0 Å². The normalized spacial score (nSPS) is 13.1. The number of hydrogen-bond donors (Lipinski definition) is 1. The third kappa shape index (κ3) is 1.33. The first kappa shape index (κ1) is 9.02. The predicted octanol–water partition coefficient (Wildman–Crippen LogP) is 1.37. The molecule has 4 heteroatoms. The van der Waals surface area contributed by atoms with Crippen molar-refractivity contribution in [3.05, 3.63) is 41.9 Å². The first-order valence-corrected chi connectivity index (χ1v) is 4.46. The third-order valence-electron chi connectivity index (χ3n) is 2.48. The molecule has 0 spiro atoms. The van der Waals surface area contributed by atoms with Crippen molar-refractivity contribution < 1.29 is 4.42 Å². The number of imidazole rings is 1. The van der Waals surface area contributed by atoms with Gasteiger partial charge in [0.25, 0.3) is 0 Å². The molecule has 4 nitrogen and oxygen atoms in total. The number of nitrogens with two attached hydrogens (primary N) is 1. The Morgan fingerprint density at radius 2 is 2.36 bits per heavy atom. The van der Waals surface area contributed by atoms with Crippen molar-refractivity contribution >= 4 is 0 Å². The van der Waals surface area contributed by atoms with E-state index in [4.69, 9.17) is 10.2 Å². The van der Waals surface area contributed by atoms with E-state index in [1.807, 2.05) is 24.6 Å². The minimum Gasteiger partial charge on any atom is -0.472 e. The topological polar surface area (TPSA) is 57.0 Å². The van der Waals surface area contributed by atoms with Crippen molar-refractivity contribution in [2.24, 2.45) is 12.8 Å². The van der Waals surface area contributed by atoms with Crippen LogP contribution in [0.2, 0.25) is 0 Å². The Hall–Kier alpha value is -1.55. The van der Waals surface area contributed by atoms with Crippen molar-refractivity contribution in [1.29, 1.82) is 0 Å². The molecule has 1 atom stereocenters. The summed E-state index contributed by atoms with van der Waals surface area (Å²) < 4.78 is 6.98. The van der Waals surface area contributed by atoms with Crippen LogP contribution in [0.15, 0.2) is 29.2 Å². The second kappa shape index (κ2) is 3.31. The average molecular weight is 191 g/mol. The van der Waals surface area contributed by atoms with E-state index in [1.165, 1.54) is 0 Å². The van der Waals surface area contributed by atoms with Gasteiger partial charge in [-0.2, -0.15) is 0 Å². The Morgan fingerprint density at radius 1 is 1.57 bits per heavy atom. The van der Waals surface area contributed by atoms with Gasteiger partial charge in [-0.05, 0) is 13.0 Å². The summed E-state index contributed by atoms with van der Waals surface area (Å²) >= 11 is 0. The minimum atomic E-state index is -0.167. The molecule has 2 heterocycles. The van der Waals surface area contributed by atoms with Crippen LogP contribution in [-0.2, 0) is 7.05 Å². The van der Waals surface area contributed by atoms with Crippen LogP contribution in [0.4, 0.5) is 0 Å². The Bertz CT molecular complexity index is 417. The summed E-state index contributed by atoms with van der Waals surface area (Å²) in [6, 6.07) is 1.70. The number of hydrogen-bond acceptors (Lipinski definition) is 3. The molecule has 0 saturated carbocycles. The van der Waals surface area contributed by atoms with Crippen LogP contribution in [0.25, 0.3) is 0 Å². The van der Waals surface area contributed by atoms with Crippen LogP contribution in [0.5, 0.6) is 0 Å². The molecule has 0 aliphatic rings. The number of furan rings is 1. The van der Waals surface area contributed by atoms with Crippen LogP contribution in [0.3, 0.4) is 0 Å². The fourth-order valence-electron chi connectivity index (χ4n) is 1.43. The van der Waals surface area contributed by atoms with Gasteiger partial charge < -0.3 is 14.7 Å². The van der Waals surface area contributed by atoms with Gasteiger partial charge in [0.05, 0.1) is 30.5 Å². The van der Waals surface area contributed by atoms with Gasteiger partial charge in [0.2, 0.25) is 0 Å². The molecular weight excluding hydrogens is 178 g/mol. The van der Waals surface area contributed by atoms with Gasteiger partial charge in [-0.1, -0.05) is 0 Å². The largest absolute Gasteiger partial charge is 0.472 e. The van der Waals surface area contributed by atoms with E-state index >= 15 is 0 Å². The van der Waals surface area contributed by atoms with Gasteiger partial charge in [-0.3, -0.25) is 0 Å². The van der Waals surface area contributed by atoms with Gasteiger partial charge in [0.1, 0.15) is 5.82 Å². The van der Waals surface area contributed by atoms with Gasteiger partial charge in [0.15, 0.2) is 0 Å². The maximum Gasteiger partial charge on any atom is 0.105 e. The zero-order valence-corrected chi connectivity index (χ0v) is 8.27. The number of aryl methyl sites for hydroxylation is 1. The standard InChI is InChI=1S/C10H13N3O/c1-7-12-5-9(13(7)2)10(11)8-3-4-14-6-8/h3-6,10H,11H2,1-2H3. The maximum absolute atomic E-state index is 6.05. The average Bonchev–Trinajstić information content (AvgIpc) is 2.77. The molecule has 0 aliphatic heterocycles. The first-order valence-electron chi connectivity index (χ1n) is 4.46. The highest BCUT2D eigenvalue weighted by molar-refractivity contribution is 5.23. The first-order chi connectivity index (χ1) is 6.70. The van der Waals surface area contributed by atoms with E-state index in [0.717, 1.165) is 17.1 Å². The van der Waals surface area contributed by atoms with Crippen LogP contribution in [0.1, 0.15) is 23.1 Å². The summed E-state index contributed by atoms with van der Waals surface area (Å²) in [7, 11) is 1.96. The highest BCUT2D eigenvalue weighted by Crippen LogP contribution is 2.19. The van der Waals surface area contributed by atoms with Crippen molar-refractivity contribution in [2.75, 3.05) is 0 Å². The Kier molecular flexibility index (Phi) is 2.13. The van der Waals surface area contributed by atoms with Crippen LogP contribution in [0, 0.1) is 6.92 Å². The second-order valence-electron chi connectivity index (χ2n) is 3.32. The molecule has 0 aromatic carbocycles.